The summed E-state index contributed by atoms with van der Waals surface area (Å²) < 4.78 is 18.2. The molecule has 0 saturated carbocycles. The molecule has 1 atom stereocenters. The van der Waals surface area contributed by atoms with Gasteiger partial charge in [0.25, 0.3) is 5.91 Å². The maximum absolute atomic E-state index is 13.0. The van der Waals surface area contributed by atoms with Gasteiger partial charge in [-0.3, -0.25) is 14.5 Å². The van der Waals surface area contributed by atoms with Crippen molar-refractivity contribution in [2.45, 2.75) is 19.4 Å². The van der Waals surface area contributed by atoms with Crippen LogP contribution >= 0.6 is 0 Å². The molecule has 2 aromatic carbocycles. The maximum atomic E-state index is 13.0. The standard InChI is InChI=1S/C20H20FN3O4/c1-12-10-13(4-9-16(12)28-3)20(2)18(26)24(19(27)23-20)11-17(25)22-15-7-5-14(21)6-8-15/h4-10H,11H2,1-3H3,(H,22,25)(H,23,27). The van der Waals surface area contributed by atoms with E-state index < -0.39 is 35.7 Å². The second-order valence-corrected chi connectivity index (χ2v) is 6.69. The number of nitrogens with zero attached hydrogens (tertiary/aromatic N) is 1. The third-order valence-electron chi connectivity index (χ3n) is 4.68. The topological polar surface area (TPSA) is 87.7 Å². The Hall–Kier alpha value is -3.42. The fraction of sp³-hybridized carbons (Fsp3) is 0.250. The minimum absolute atomic E-state index is 0.368. The van der Waals surface area contributed by atoms with Gasteiger partial charge in [0.1, 0.15) is 23.7 Å². The summed E-state index contributed by atoms with van der Waals surface area (Å²) in [6, 6.07) is 9.71. The largest absolute Gasteiger partial charge is 0.496 e. The van der Waals surface area contributed by atoms with Gasteiger partial charge in [0.15, 0.2) is 0 Å². The highest BCUT2D eigenvalue weighted by Gasteiger charge is 2.49. The summed E-state index contributed by atoms with van der Waals surface area (Å²) in [7, 11) is 1.55. The van der Waals surface area contributed by atoms with Gasteiger partial charge >= 0.3 is 6.03 Å². The van der Waals surface area contributed by atoms with Crippen LogP contribution in [0.15, 0.2) is 42.5 Å². The molecule has 1 aliphatic heterocycles. The monoisotopic (exact) mass is 385 g/mol. The van der Waals surface area contributed by atoms with Gasteiger partial charge in [-0.25, -0.2) is 9.18 Å². The number of methoxy groups -OCH3 is 1. The molecule has 4 amide bonds. The van der Waals surface area contributed by atoms with Gasteiger partial charge in [0.05, 0.1) is 7.11 Å². The lowest BCUT2D eigenvalue weighted by atomic mass is 9.90. The molecule has 1 fully saturated rings. The Kier molecular flexibility index (Phi) is 5.04. The van der Waals surface area contributed by atoms with E-state index in [1.54, 1.807) is 32.2 Å². The summed E-state index contributed by atoms with van der Waals surface area (Å²) in [5.41, 5.74) is 0.484. The summed E-state index contributed by atoms with van der Waals surface area (Å²) >= 11 is 0. The van der Waals surface area contributed by atoms with Crippen LogP contribution in [-0.2, 0) is 15.1 Å². The third kappa shape index (κ3) is 3.53. The molecule has 1 saturated heterocycles. The number of imide groups is 1. The maximum Gasteiger partial charge on any atom is 0.325 e. The Labute approximate surface area is 161 Å². The average molecular weight is 385 g/mol. The van der Waals surface area contributed by atoms with Gasteiger partial charge < -0.3 is 15.4 Å². The Bertz CT molecular complexity index is 945. The van der Waals surface area contributed by atoms with E-state index in [1.165, 1.54) is 24.3 Å². The molecule has 3 rings (SSSR count). The first-order valence-electron chi connectivity index (χ1n) is 8.59. The van der Waals surface area contributed by atoms with Crippen molar-refractivity contribution in [2.24, 2.45) is 0 Å². The van der Waals surface area contributed by atoms with Crippen molar-refractivity contribution >= 4 is 23.5 Å². The molecule has 1 unspecified atom stereocenters. The predicted molar refractivity (Wildman–Crippen MR) is 100 cm³/mol. The first-order chi connectivity index (χ1) is 13.2. The van der Waals surface area contributed by atoms with E-state index in [2.05, 4.69) is 10.6 Å². The number of anilines is 1. The number of hydrogen-bond donors (Lipinski definition) is 2. The minimum atomic E-state index is -1.29. The van der Waals surface area contributed by atoms with Crippen LogP contribution in [-0.4, -0.2) is 36.4 Å². The molecule has 0 bridgehead atoms. The Morgan fingerprint density at radius 1 is 1.21 bits per heavy atom. The van der Waals surface area contributed by atoms with E-state index >= 15 is 0 Å². The number of benzene rings is 2. The number of carbonyl (C=O) groups excluding carboxylic acids is 3. The summed E-state index contributed by atoms with van der Waals surface area (Å²) in [4.78, 5) is 38.4. The smallest absolute Gasteiger partial charge is 0.325 e. The van der Waals surface area contributed by atoms with Crippen molar-refractivity contribution in [3.8, 4) is 5.75 Å². The molecule has 1 aliphatic rings. The zero-order chi connectivity index (χ0) is 20.5. The van der Waals surface area contributed by atoms with Gasteiger partial charge in [0, 0.05) is 5.69 Å². The zero-order valence-electron chi connectivity index (χ0n) is 15.7. The van der Waals surface area contributed by atoms with E-state index in [-0.39, 0.29) is 0 Å². The van der Waals surface area contributed by atoms with Crippen LogP contribution in [0.2, 0.25) is 0 Å². The number of amides is 4. The second-order valence-electron chi connectivity index (χ2n) is 6.69. The Balaban J connectivity index is 1.76. The van der Waals surface area contributed by atoms with E-state index in [0.29, 0.717) is 17.0 Å². The van der Waals surface area contributed by atoms with E-state index in [9.17, 15) is 18.8 Å². The fourth-order valence-electron chi connectivity index (χ4n) is 3.10. The molecule has 7 nitrogen and oxygen atoms in total. The molecule has 1 heterocycles. The van der Waals surface area contributed by atoms with Crippen LogP contribution in [0.1, 0.15) is 18.1 Å². The SMILES string of the molecule is COc1ccc(C2(C)NC(=O)N(CC(=O)Nc3ccc(F)cc3)C2=O)cc1C. The first-order valence-corrected chi connectivity index (χ1v) is 8.59. The molecule has 2 N–H and O–H groups in total. The van der Waals surface area contributed by atoms with Crippen LogP contribution < -0.4 is 15.4 Å². The van der Waals surface area contributed by atoms with Gasteiger partial charge in [-0.1, -0.05) is 6.07 Å². The summed E-state index contributed by atoms with van der Waals surface area (Å²) in [5.74, 6) is -0.862. The number of ether oxygens (including phenoxy) is 1. The van der Waals surface area contributed by atoms with E-state index in [0.717, 1.165) is 10.5 Å². The summed E-state index contributed by atoms with van der Waals surface area (Å²) in [6.07, 6.45) is 0. The molecular formula is C20H20FN3O4. The van der Waals surface area contributed by atoms with Gasteiger partial charge in [-0.2, -0.15) is 0 Å². The Morgan fingerprint density at radius 3 is 2.50 bits per heavy atom. The van der Waals surface area contributed by atoms with Crippen molar-refractivity contribution in [3.05, 3.63) is 59.4 Å². The normalized spacial score (nSPS) is 18.8. The zero-order valence-corrected chi connectivity index (χ0v) is 15.7. The highest BCUT2D eigenvalue weighted by Crippen LogP contribution is 2.31. The van der Waals surface area contributed by atoms with Crippen molar-refractivity contribution in [3.63, 3.8) is 0 Å². The molecule has 2 aromatic rings. The number of nitrogens with one attached hydrogen (secondary N) is 2. The highest BCUT2D eigenvalue weighted by molar-refractivity contribution is 6.10. The van der Waals surface area contributed by atoms with Crippen LogP contribution in [0.4, 0.5) is 14.9 Å². The predicted octanol–water partition coefficient (Wildman–Crippen LogP) is 2.55. The van der Waals surface area contributed by atoms with Crippen LogP contribution in [0.3, 0.4) is 0 Å². The van der Waals surface area contributed by atoms with Crippen molar-refractivity contribution in [2.75, 3.05) is 19.0 Å². The summed E-state index contributed by atoms with van der Waals surface area (Å²) in [6.45, 7) is 2.97. The molecular weight excluding hydrogens is 365 g/mol. The highest BCUT2D eigenvalue weighted by atomic mass is 19.1. The summed E-state index contributed by atoms with van der Waals surface area (Å²) in [5, 5.41) is 5.19. The molecule has 0 aliphatic carbocycles. The molecule has 0 radical (unpaired) electrons. The van der Waals surface area contributed by atoms with E-state index in [1.807, 2.05) is 6.92 Å². The van der Waals surface area contributed by atoms with E-state index in [4.69, 9.17) is 4.74 Å². The lowest BCUT2D eigenvalue weighted by molar-refractivity contribution is -0.133. The van der Waals surface area contributed by atoms with Crippen molar-refractivity contribution in [1.29, 1.82) is 0 Å². The molecule has 0 spiro atoms. The minimum Gasteiger partial charge on any atom is -0.496 e. The van der Waals surface area contributed by atoms with Crippen LogP contribution in [0, 0.1) is 12.7 Å². The third-order valence-corrected chi connectivity index (χ3v) is 4.68. The molecule has 0 aromatic heterocycles. The molecule has 28 heavy (non-hydrogen) atoms. The Morgan fingerprint density at radius 2 is 1.89 bits per heavy atom. The molecule has 8 heteroatoms. The number of hydrogen-bond acceptors (Lipinski definition) is 4. The molecule has 146 valence electrons. The number of aryl methyl sites for hydroxylation is 1. The average Bonchev–Trinajstić information content (AvgIpc) is 2.87. The first kappa shape index (κ1) is 19.3. The number of rotatable bonds is 5. The second kappa shape index (κ2) is 7.30. The quantitative estimate of drug-likeness (QED) is 0.775. The lowest BCUT2D eigenvalue weighted by Crippen LogP contribution is -2.42. The van der Waals surface area contributed by atoms with Crippen LogP contribution in [0.5, 0.6) is 5.75 Å². The number of urea groups is 1. The van der Waals surface area contributed by atoms with Gasteiger partial charge in [-0.05, 0) is 61.4 Å². The van der Waals surface area contributed by atoms with Gasteiger partial charge in [-0.15, -0.1) is 0 Å². The fourth-order valence-corrected chi connectivity index (χ4v) is 3.10. The number of carbonyl (C=O) groups is 3. The lowest BCUT2D eigenvalue weighted by Gasteiger charge is -2.23. The number of halogens is 1. The van der Waals surface area contributed by atoms with Crippen LogP contribution in [0.25, 0.3) is 0 Å². The van der Waals surface area contributed by atoms with Crippen molar-refractivity contribution in [1.82, 2.24) is 10.2 Å². The van der Waals surface area contributed by atoms with Gasteiger partial charge in [0.2, 0.25) is 5.91 Å². The van der Waals surface area contributed by atoms with Crippen molar-refractivity contribution < 1.29 is 23.5 Å².